The van der Waals surface area contributed by atoms with Gasteiger partial charge in [-0.15, -0.1) is 5.10 Å². The van der Waals surface area contributed by atoms with Crippen LogP contribution in [0.25, 0.3) is 0 Å². The molecule has 7 nitrogen and oxygen atoms in total. The van der Waals surface area contributed by atoms with Crippen LogP contribution in [0.4, 0.5) is 0 Å². The lowest BCUT2D eigenvalue weighted by Gasteiger charge is -2.27. The first kappa shape index (κ1) is 13.0. The van der Waals surface area contributed by atoms with Gasteiger partial charge in [-0.2, -0.15) is 0 Å². The molecule has 4 N–H and O–H groups in total. The monoisotopic (exact) mass is 254 g/mol. The Bertz CT molecular complexity index is 420. The zero-order chi connectivity index (χ0) is 13.1. The van der Waals surface area contributed by atoms with E-state index in [1.165, 1.54) is 0 Å². The number of aliphatic carboxylic acids is 1. The third kappa shape index (κ3) is 2.85. The van der Waals surface area contributed by atoms with Crippen molar-refractivity contribution in [3.8, 4) is 0 Å². The normalized spacial score (nSPS) is 25.9. The Kier molecular flexibility index (Phi) is 3.93. The van der Waals surface area contributed by atoms with E-state index in [4.69, 9.17) is 10.8 Å². The second-order valence-electron chi connectivity index (χ2n) is 4.76. The van der Waals surface area contributed by atoms with E-state index < -0.39 is 18.1 Å². The summed E-state index contributed by atoms with van der Waals surface area (Å²) in [6, 6.07) is -1.02. The molecule has 0 amide bonds. The number of aliphatic hydroxyl groups is 1. The van der Waals surface area contributed by atoms with Crippen molar-refractivity contribution in [2.75, 3.05) is 0 Å². The maximum Gasteiger partial charge on any atom is 0.320 e. The Morgan fingerprint density at radius 1 is 1.56 bits per heavy atom. The summed E-state index contributed by atoms with van der Waals surface area (Å²) in [5.41, 5.74) is 5.98. The molecule has 1 heterocycles. The summed E-state index contributed by atoms with van der Waals surface area (Å²) in [5, 5.41) is 26.5. The molecule has 0 saturated heterocycles. The lowest BCUT2D eigenvalue weighted by atomic mass is 9.93. The van der Waals surface area contributed by atoms with Gasteiger partial charge in [0.05, 0.1) is 17.8 Å². The summed E-state index contributed by atoms with van der Waals surface area (Å²) in [4.78, 5) is 10.6. The van der Waals surface area contributed by atoms with Crippen molar-refractivity contribution in [3.05, 3.63) is 11.9 Å². The molecule has 1 aliphatic rings. The molecule has 1 saturated carbocycles. The SMILES string of the molecule is NC(Cc1cn(C2CCCCC2O)nn1)C(=O)O. The van der Waals surface area contributed by atoms with Crippen LogP contribution in [0.1, 0.15) is 37.4 Å². The van der Waals surface area contributed by atoms with Gasteiger partial charge in [0.15, 0.2) is 0 Å². The van der Waals surface area contributed by atoms with Crippen molar-refractivity contribution in [1.29, 1.82) is 0 Å². The summed E-state index contributed by atoms with van der Waals surface area (Å²) in [7, 11) is 0. The number of carbonyl (C=O) groups is 1. The number of hydrogen-bond donors (Lipinski definition) is 3. The number of aromatic nitrogens is 3. The molecule has 1 aromatic heterocycles. The molecular weight excluding hydrogens is 236 g/mol. The molecule has 7 heteroatoms. The zero-order valence-electron chi connectivity index (χ0n) is 10.1. The lowest BCUT2D eigenvalue weighted by Crippen LogP contribution is -2.32. The Hall–Kier alpha value is -1.47. The van der Waals surface area contributed by atoms with Crippen molar-refractivity contribution in [2.45, 2.75) is 50.3 Å². The van der Waals surface area contributed by atoms with Crippen LogP contribution in [-0.2, 0) is 11.2 Å². The summed E-state index contributed by atoms with van der Waals surface area (Å²) in [5.74, 6) is -1.05. The molecule has 1 aliphatic carbocycles. The fourth-order valence-electron chi connectivity index (χ4n) is 2.28. The molecule has 0 radical (unpaired) electrons. The highest BCUT2D eigenvalue weighted by Gasteiger charge is 2.26. The molecule has 0 bridgehead atoms. The molecule has 1 fully saturated rings. The van der Waals surface area contributed by atoms with E-state index in [-0.39, 0.29) is 12.5 Å². The van der Waals surface area contributed by atoms with Crippen LogP contribution < -0.4 is 5.73 Å². The van der Waals surface area contributed by atoms with E-state index in [1.807, 2.05) is 0 Å². The zero-order valence-corrected chi connectivity index (χ0v) is 10.1. The van der Waals surface area contributed by atoms with Crippen LogP contribution in [0.3, 0.4) is 0 Å². The molecule has 0 aromatic carbocycles. The van der Waals surface area contributed by atoms with Gasteiger partial charge in [-0.05, 0) is 12.8 Å². The van der Waals surface area contributed by atoms with Crippen molar-refractivity contribution in [1.82, 2.24) is 15.0 Å². The molecule has 0 spiro atoms. The van der Waals surface area contributed by atoms with Gasteiger partial charge in [0, 0.05) is 12.6 Å². The van der Waals surface area contributed by atoms with Gasteiger partial charge in [0.2, 0.25) is 0 Å². The third-order valence-corrected chi connectivity index (χ3v) is 3.34. The molecule has 1 aromatic rings. The largest absolute Gasteiger partial charge is 0.480 e. The smallest absolute Gasteiger partial charge is 0.320 e. The van der Waals surface area contributed by atoms with Crippen molar-refractivity contribution in [2.24, 2.45) is 5.73 Å². The Labute approximate surface area is 105 Å². The van der Waals surface area contributed by atoms with Gasteiger partial charge in [0.25, 0.3) is 0 Å². The number of aliphatic hydroxyl groups excluding tert-OH is 1. The standard InChI is InChI=1S/C11H18N4O3/c12-8(11(17)18)5-7-6-15(14-13-7)9-3-1-2-4-10(9)16/h6,8-10,16H,1-5,12H2,(H,17,18). The van der Waals surface area contributed by atoms with Crippen molar-refractivity contribution in [3.63, 3.8) is 0 Å². The molecule has 3 unspecified atom stereocenters. The van der Waals surface area contributed by atoms with Gasteiger partial charge in [-0.1, -0.05) is 18.1 Å². The quantitative estimate of drug-likeness (QED) is 0.680. The minimum Gasteiger partial charge on any atom is -0.480 e. The number of carboxylic acids is 1. The maximum absolute atomic E-state index is 10.6. The van der Waals surface area contributed by atoms with Gasteiger partial charge in [0.1, 0.15) is 6.04 Å². The molecular formula is C11H18N4O3. The predicted octanol–water partition coefficient (Wildman–Crippen LogP) is -0.292. The van der Waals surface area contributed by atoms with Crippen LogP contribution in [0, 0.1) is 0 Å². The first-order valence-corrected chi connectivity index (χ1v) is 6.15. The number of rotatable bonds is 4. The predicted molar refractivity (Wildman–Crippen MR) is 62.8 cm³/mol. The van der Waals surface area contributed by atoms with Crippen LogP contribution in [0.15, 0.2) is 6.20 Å². The van der Waals surface area contributed by atoms with E-state index in [0.717, 1.165) is 25.7 Å². The fourth-order valence-corrected chi connectivity index (χ4v) is 2.28. The lowest BCUT2D eigenvalue weighted by molar-refractivity contribution is -0.138. The molecule has 3 atom stereocenters. The van der Waals surface area contributed by atoms with Crippen LogP contribution >= 0.6 is 0 Å². The molecule has 100 valence electrons. The summed E-state index contributed by atoms with van der Waals surface area (Å²) < 4.78 is 1.63. The first-order valence-electron chi connectivity index (χ1n) is 6.15. The average molecular weight is 254 g/mol. The topological polar surface area (TPSA) is 114 Å². The van der Waals surface area contributed by atoms with Gasteiger partial charge in [-0.25, -0.2) is 4.68 Å². The Balaban J connectivity index is 2.03. The second kappa shape index (κ2) is 5.45. The number of nitrogens with zero attached hydrogens (tertiary/aromatic N) is 3. The van der Waals surface area contributed by atoms with Crippen LogP contribution in [-0.4, -0.2) is 43.3 Å². The summed E-state index contributed by atoms with van der Waals surface area (Å²) in [6.45, 7) is 0. The molecule has 0 aliphatic heterocycles. The molecule has 2 rings (SSSR count). The van der Waals surface area contributed by atoms with E-state index in [9.17, 15) is 9.90 Å². The summed E-state index contributed by atoms with van der Waals surface area (Å²) >= 11 is 0. The van der Waals surface area contributed by atoms with E-state index >= 15 is 0 Å². The van der Waals surface area contributed by atoms with E-state index in [2.05, 4.69) is 10.3 Å². The highest BCUT2D eigenvalue weighted by molar-refractivity contribution is 5.73. The van der Waals surface area contributed by atoms with Gasteiger partial charge >= 0.3 is 5.97 Å². The van der Waals surface area contributed by atoms with Gasteiger partial charge < -0.3 is 15.9 Å². The van der Waals surface area contributed by atoms with E-state index in [0.29, 0.717) is 5.69 Å². The molecule has 18 heavy (non-hydrogen) atoms. The van der Waals surface area contributed by atoms with Crippen LogP contribution in [0.5, 0.6) is 0 Å². The first-order chi connectivity index (χ1) is 8.58. The Morgan fingerprint density at radius 3 is 2.94 bits per heavy atom. The average Bonchev–Trinajstić information content (AvgIpc) is 2.77. The van der Waals surface area contributed by atoms with Crippen molar-refractivity contribution >= 4 is 5.97 Å². The highest BCUT2D eigenvalue weighted by atomic mass is 16.4. The second-order valence-corrected chi connectivity index (χ2v) is 4.76. The van der Waals surface area contributed by atoms with Crippen LogP contribution in [0.2, 0.25) is 0 Å². The van der Waals surface area contributed by atoms with E-state index in [1.54, 1.807) is 10.9 Å². The maximum atomic E-state index is 10.6. The fraction of sp³-hybridized carbons (Fsp3) is 0.727. The number of carboxylic acid groups (broad SMARTS) is 1. The van der Waals surface area contributed by atoms with Gasteiger partial charge in [-0.3, -0.25) is 4.79 Å². The highest BCUT2D eigenvalue weighted by Crippen LogP contribution is 2.27. The minimum atomic E-state index is -1.05. The minimum absolute atomic E-state index is 0.0546. The summed E-state index contributed by atoms with van der Waals surface area (Å²) in [6.07, 6.45) is 5.17. The Morgan fingerprint density at radius 2 is 2.28 bits per heavy atom. The third-order valence-electron chi connectivity index (χ3n) is 3.34. The number of hydrogen-bond acceptors (Lipinski definition) is 5. The number of nitrogens with two attached hydrogens (primary N) is 1. The van der Waals surface area contributed by atoms with Crippen molar-refractivity contribution < 1.29 is 15.0 Å².